The van der Waals surface area contributed by atoms with Gasteiger partial charge < -0.3 is 5.11 Å². The lowest BCUT2D eigenvalue weighted by Gasteiger charge is -2.62. The summed E-state index contributed by atoms with van der Waals surface area (Å²) in [7, 11) is -3.67. The zero-order valence-electron chi connectivity index (χ0n) is 18.2. The molecule has 2 bridgehead atoms. The van der Waals surface area contributed by atoms with E-state index in [4.69, 9.17) is 4.55 Å². The van der Waals surface area contributed by atoms with E-state index in [-0.39, 0.29) is 5.41 Å². The molecule has 166 valence electrons. The van der Waals surface area contributed by atoms with Gasteiger partial charge in [0, 0.05) is 18.0 Å². The van der Waals surface area contributed by atoms with Crippen LogP contribution in [0.1, 0.15) is 56.6 Å². The van der Waals surface area contributed by atoms with Crippen LogP contribution >= 0.6 is 0 Å². The standard InChI is InChI=1S/C23H31NO.CH4O3S/c1-15-10-16(2)22-21-11-18-6-7-19(25)12-20(18)23(22,13-15)8-9-24(21)14-17-4-3-5-17;1-5(2,3)4/h6-7,12,16-17,21-22,25H,1,3-5,8-11,13-14H2,2H3;1H3,(H,2,3,4)/t16?,21-,22?,23?;/m0./s1. The highest BCUT2D eigenvalue weighted by Crippen LogP contribution is 2.59. The van der Waals surface area contributed by atoms with Crippen molar-refractivity contribution in [2.75, 3.05) is 19.3 Å². The highest BCUT2D eigenvalue weighted by atomic mass is 32.2. The van der Waals surface area contributed by atoms with Crippen molar-refractivity contribution < 1.29 is 18.1 Å². The second kappa shape index (κ2) is 7.95. The van der Waals surface area contributed by atoms with E-state index in [1.165, 1.54) is 68.3 Å². The number of phenolic OH excluding ortho intramolecular Hbond substituents is 1. The third-order valence-corrected chi connectivity index (χ3v) is 7.93. The van der Waals surface area contributed by atoms with Gasteiger partial charge in [-0.3, -0.25) is 9.45 Å². The van der Waals surface area contributed by atoms with Gasteiger partial charge in [-0.25, -0.2) is 0 Å². The number of hydrogen-bond acceptors (Lipinski definition) is 4. The van der Waals surface area contributed by atoms with Gasteiger partial charge in [-0.15, -0.1) is 0 Å². The third-order valence-electron chi connectivity index (χ3n) is 7.93. The van der Waals surface area contributed by atoms with Crippen molar-refractivity contribution in [3.8, 4) is 5.75 Å². The minimum Gasteiger partial charge on any atom is -0.508 e. The van der Waals surface area contributed by atoms with Gasteiger partial charge in [0.2, 0.25) is 0 Å². The zero-order valence-corrected chi connectivity index (χ0v) is 19.0. The number of fused-ring (bicyclic) bond motifs is 1. The lowest BCUT2D eigenvalue weighted by atomic mass is 9.49. The quantitative estimate of drug-likeness (QED) is 0.541. The van der Waals surface area contributed by atoms with Gasteiger partial charge in [-0.1, -0.05) is 31.6 Å². The Bertz CT molecular complexity index is 915. The number of aromatic hydroxyl groups is 1. The van der Waals surface area contributed by atoms with Crippen molar-refractivity contribution in [3.63, 3.8) is 0 Å². The minimum atomic E-state index is -3.67. The molecule has 1 aromatic carbocycles. The first-order chi connectivity index (χ1) is 14.1. The van der Waals surface area contributed by atoms with Crippen LogP contribution in [-0.2, 0) is 22.0 Å². The van der Waals surface area contributed by atoms with Crippen molar-refractivity contribution in [3.05, 3.63) is 41.5 Å². The van der Waals surface area contributed by atoms with Gasteiger partial charge in [0.1, 0.15) is 5.75 Å². The van der Waals surface area contributed by atoms with Crippen molar-refractivity contribution in [1.29, 1.82) is 0 Å². The fraction of sp³-hybridized carbons (Fsp3) is 0.667. The molecule has 1 saturated heterocycles. The van der Waals surface area contributed by atoms with E-state index >= 15 is 0 Å². The van der Waals surface area contributed by atoms with Gasteiger partial charge in [0.25, 0.3) is 10.1 Å². The van der Waals surface area contributed by atoms with E-state index in [1.54, 1.807) is 0 Å². The Kier molecular flexibility index (Phi) is 5.79. The normalized spacial score (nSPS) is 33.6. The average molecular weight is 434 g/mol. The number of benzene rings is 1. The van der Waals surface area contributed by atoms with Crippen LogP contribution in [0.4, 0.5) is 0 Å². The van der Waals surface area contributed by atoms with Crippen LogP contribution in [0.2, 0.25) is 0 Å². The maximum Gasteiger partial charge on any atom is 0.261 e. The van der Waals surface area contributed by atoms with E-state index < -0.39 is 10.1 Å². The first-order valence-electron chi connectivity index (χ1n) is 11.2. The molecule has 0 radical (unpaired) electrons. The maximum atomic E-state index is 10.2. The van der Waals surface area contributed by atoms with Gasteiger partial charge in [0.15, 0.2) is 0 Å². The summed E-state index contributed by atoms with van der Waals surface area (Å²) in [5.41, 5.74) is 4.58. The number of phenols is 1. The fourth-order valence-electron chi connectivity index (χ4n) is 6.83. The molecule has 0 amide bonds. The maximum absolute atomic E-state index is 10.2. The van der Waals surface area contributed by atoms with Crippen LogP contribution in [0.25, 0.3) is 0 Å². The molecule has 4 atom stereocenters. The predicted molar refractivity (Wildman–Crippen MR) is 119 cm³/mol. The molecule has 6 heteroatoms. The lowest BCUT2D eigenvalue weighted by Crippen LogP contribution is -2.63. The summed E-state index contributed by atoms with van der Waals surface area (Å²) < 4.78 is 25.9. The van der Waals surface area contributed by atoms with E-state index in [9.17, 15) is 13.5 Å². The predicted octanol–water partition coefficient (Wildman–Crippen LogP) is 4.17. The van der Waals surface area contributed by atoms with E-state index in [0.717, 1.165) is 18.3 Å². The first kappa shape index (κ1) is 21.8. The Balaban J connectivity index is 0.000000393. The minimum absolute atomic E-state index is 0.224. The van der Waals surface area contributed by atoms with E-state index in [2.05, 4.69) is 30.5 Å². The molecule has 5 rings (SSSR count). The summed E-state index contributed by atoms with van der Waals surface area (Å²) in [6.07, 6.45) is 9.76. The third kappa shape index (κ3) is 4.19. The summed E-state index contributed by atoms with van der Waals surface area (Å²) >= 11 is 0. The second-order valence-electron chi connectivity index (χ2n) is 10.2. The zero-order chi connectivity index (χ0) is 21.7. The number of nitrogens with zero attached hydrogens (tertiary/aromatic N) is 1. The molecule has 5 nitrogen and oxygen atoms in total. The van der Waals surface area contributed by atoms with Gasteiger partial charge in [-0.2, -0.15) is 8.42 Å². The molecule has 1 heterocycles. The average Bonchev–Trinajstić information content (AvgIpc) is 2.58. The summed E-state index contributed by atoms with van der Waals surface area (Å²) in [5.74, 6) is 2.81. The second-order valence-corrected chi connectivity index (χ2v) is 11.6. The molecule has 4 aliphatic rings. The Morgan fingerprint density at radius 2 is 1.97 bits per heavy atom. The van der Waals surface area contributed by atoms with Crippen LogP contribution in [-0.4, -0.2) is 48.4 Å². The van der Waals surface area contributed by atoms with Crippen LogP contribution < -0.4 is 0 Å². The Morgan fingerprint density at radius 3 is 2.60 bits per heavy atom. The smallest absolute Gasteiger partial charge is 0.261 e. The summed E-state index contributed by atoms with van der Waals surface area (Å²) in [4.78, 5) is 2.85. The highest BCUT2D eigenvalue weighted by Gasteiger charge is 2.56. The van der Waals surface area contributed by atoms with E-state index in [0.29, 0.717) is 24.0 Å². The Morgan fingerprint density at radius 1 is 1.27 bits per heavy atom. The number of rotatable bonds is 2. The van der Waals surface area contributed by atoms with Crippen LogP contribution in [0.5, 0.6) is 5.75 Å². The summed E-state index contributed by atoms with van der Waals surface area (Å²) in [5, 5.41) is 10.2. The molecule has 3 aliphatic carbocycles. The number of hydrogen-bond donors (Lipinski definition) is 2. The number of likely N-dealkylation sites (tertiary alicyclic amines) is 1. The van der Waals surface area contributed by atoms with E-state index in [1.807, 2.05) is 6.07 Å². The molecule has 0 spiro atoms. The molecule has 2 saturated carbocycles. The highest BCUT2D eigenvalue weighted by molar-refractivity contribution is 7.85. The molecule has 3 fully saturated rings. The van der Waals surface area contributed by atoms with Gasteiger partial charge >= 0.3 is 0 Å². The molecule has 1 aromatic rings. The molecular formula is C24H35NO4S. The first-order valence-corrected chi connectivity index (χ1v) is 13.1. The molecule has 0 aromatic heterocycles. The lowest BCUT2D eigenvalue weighted by molar-refractivity contribution is -0.0376. The Labute approximate surface area is 180 Å². The largest absolute Gasteiger partial charge is 0.508 e. The molecular weight excluding hydrogens is 398 g/mol. The van der Waals surface area contributed by atoms with Crippen LogP contribution in [0.3, 0.4) is 0 Å². The van der Waals surface area contributed by atoms with Crippen molar-refractivity contribution in [2.24, 2.45) is 17.8 Å². The molecule has 2 N–H and O–H groups in total. The SMILES string of the molecule is C=C1CC(C)C2[C@@H]3Cc4ccc(O)cc4C2(CCN3CC2CCC2)C1.CS(=O)(=O)O. The molecule has 3 unspecified atom stereocenters. The molecule has 1 aliphatic heterocycles. The fourth-order valence-corrected chi connectivity index (χ4v) is 6.83. The summed E-state index contributed by atoms with van der Waals surface area (Å²) in [6, 6.07) is 6.87. The van der Waals surface area contributed by atoms with Crippen molar-refractivity contribution in [2.45, 2.75) is 63.3 Å². The van der Waals surface area contributed by atoms with Gasteiger partial charge in [0.05, 0.1) is 6.26 Å². The van der Waals surface area contributed by atoms with Crippen molar-refractivity contribution >= 4 is 10.1 Å². The number of piperidine rings is 1. The topological polar surface area (TPSA) is 77.8 Å². The summed E-state index contributed by atoms with van der Waals surface area (Å²) in [6.45, 7) is 9.41. The van der Waals surface area contributed by atoms with Crippen LogP contribution in [0, 0.1) is 17.8 Å². The Hall–Kier alpha value is -1.37. The van der Waals surface area contributed by atoms with Crippen LogP contribution in [0.15, 0.2) is 30.4 Å². The monoisotopic (exact) mass is 433 g/mol. The number of allylic oxidation sites excluding steroid dienone is 1. The van der Waals surface area contributed by atoms with Gasteiger partial charge in [-0.05, 0) is 86.1 Å². The van der Waals surface area contributed by atoms with Crippen molar-refractivity contribution in [1.82, 2.24) is 4.90 Å². The molecule has 30 heavy (non-hydrogen) atoms.